The van der Waals surface area contributed by atoms with Crippen molar-refractivity contribution in [1.29, 1.82) is 0 Å². The molecule has 0 aliphatic carbocycles. The molecular weight excluding hydrogens is 166 g/mol. The molecule has 0 saturated carbocycles. The van der Waals surface area contributed by atoms with Crippen molar-refractivity contribution < 1.29 is 9.53 Å². The van der Waals surface area contributed by atoms with E-state index in [9.17, 15) is 4.79 Å². The minimum atomic E-state index is -0.475. The van der Waals surface area contributed by atoms with E-state index in [1.807, 2.05) is 0 Å². The molecule has 0 saturated heterocycles. The summed E-state index contributed by atoms with van der Waals surface area (Å²) in [5.74, 6) is 0.770. The molecule has 0 radical (unpaired) electrons. The Labute approximate surface area is 80.6 Å². The number of ether oxygens (including phenoxy) is 1. The smallest absolute Gasteiger partial charge is 0.304 e. The van der Waals surface area contributed by atoms with E-state index >= 15 is 0 Å². The largest absolute Gasteiger partial charge is 0.447 e. The highest BCUT2D eigenvalue weighted by molar-refractivity contribution is 5.66. The fourth-order valence-corrected chi connectivity index (χ4v) is 1.80. The first-order chi connectivity index (χ1) is 5.86. The molecule has 0 rings (SSSR count). The van der Waals surface area contributed by atoms with Gasteiger partial charge in [0.25, 0.3) is 0 Å². The van der Waals surface area contributed by atoms with Gasteiger partial charge in [-0.3, -0.25) is 10.5 Å². The highest BCUT2D eigenvalue weighted by Gasteiger charge is 2.26. The third kappa shape index (κ3) is 4.27. The number of hydrogen-bond acceptors (Lipinski definition) is 3. The summed E-state index contributed by atoms with van der Waals surface area (Å²) in [6, 6.07) is 0. The van der Waals surface area contributed by atoms with E-state index in [2.05, 4.69) is 27.7 Å². The Bertz CT molecular complexity index is 158. The van der Waals surface area contributed by atoms with Crippen molar-refractivity contribution >= 4 is 5.97 Å². The van der Waals surface area contributed by atoms with E-state index in [0.717, 1.165) is 0 Å². The molecule has 0 bridgehead atoms. The van der Waals surface area contributed by atoms with Crippen molar-refractivity contribution in [2.75, 3.05) is 0 Å². The summed E-state index contributed by atoms with van der Waals surface area (Å²) in [6.45, 7) is 9.75. The Morgan fingerprint density at radius 1 is 1.15 bits per heavy atom. The summed E-state index contributed by atoms with van der Waals surface area (Å²) in [5, 5.41) is 0. The molecule has 0 aromatic rings. The van der Waals surface area contributed by atoms with E-state index < -0.39 is 6.23 Å². The van der Waals surface area contributed by atoms with Crippen LogP contribution in [0.2, 0.25) is 0 Å². The molecule has 13 heavy (non-hydrogen) atoms. The van der Waals surface area contributed by atoms with Crippen LogP contribution in [0.25, 0.3) is 0 Å². The molecule has 3 heteroatoms. The predicted octanol–water partition coefficient (Wildman–Crippen LogP) is 1.76. The third-order valence-corrected chi connectivity index (χ3v) is 2.22. The van der Waals surface area contributed by atoms with Crippen LogP contribution in [0.1, 0.15) is 34.6 Å². The van der Waals surface area contributed by atoms with Crippen LogP contribution < -0.4 is 5.73 Å². The SMILES string of the molecule is CC(=O)OC(N)C(C(C)C)C(C)C. The predicted molar refractivity (Wildman–Crippen MR) is 52.9 cm³/mol. The number of nitrogens with two attached hydrogens (primary N) is 1. The first-order valence-electron chi connectivity index (χ1n) is 4.79. The normalized spacial score (nSPS) is 13.9. The maximum atomic E-state index is 10.7. The molecule has 2 N–H and O–H groups in total. The summed E-state index contributed by atoms with van der Waals surface area (Å²) >= 11 is 0. The maximum absolute atomic E-state index is 10.7. The summed E-state index contributed by atoms with van der Waals surface area (Å²) in [6.07, 6.45) is -0.475. The Kier molecular flexibility index (Phi) is 4.99. The van der Waals surface area contributed by atoms with Gasteiger partial charge in [-0.2, -0.15) is 0 Å². The van der Waals surface area contributed by atoms with Crippen LogP contribution >= 0.6 is 0 Å². The van der Waals surface area contributed by atoms with E-state index in [1.165, 1.54) is 6.92 Å². The van der Waals surface area contributed by atoms with Crippen molar-refractivity contribution in [2.24, 2.45) is 23.5 Å². The average Bonchev–Trinajstić information content (AvgIpc) is 1.81. The van der Waals surface area contributed by atoms with Crippen LogP contribution in [0.5, 0.6) is 0 Å². The lowest BCUT2D eigenvalue weighted by Gasteiger charge is -2.29. The fraction of sp³-hybridized carbons (Fsp3) is 0.900. The second kappa shape index (κ2) is 5.22. The fourth-order valence-electron chi connectivity index (χ4n) is 1.80. The van der Waals surface area contributed by atoms with Crippen molar-refractivity contribution in [3.8, 4) is 0 Å². The molecule has 0 aromatic heterocycles. The molecule has 1 atom stereocenters. The van der Waals surface area contributed by atoms with Gasteiger partial charge in [0.05, 0.1) is 0 Å². The van der Waals surface area contributed by atoms with Gasteiger partial charge < -0.3 is 4.74 Å². The van der Waals surface area contributed by atoms with Gasteiger partial charge >= 0.3 is 5.97 Å². The average molecular weight is 187 g/mol. The lowest BCUT2D eigenvalue weighted by molar-refractivity contribution is -0.150. The maximum Gasteiger partial charge on any atom is 0.304 e. The summed E-state index contributed by atoms with van der Waals surface area (Å²) in [5.41, 5.74) is 5.78. The second-order valence-corrected chi connectivity index (χ2v) is 4.14. The zero-order chi connectivity index (χ0) is 10.6. The van der Waals surface area contributed by atoms with Gasteiger partial charge in [0.15, 0.2) is 6.23 Å². The standard InChI is InChI=1S/C10H21NO2/c1-6(2)9(7(3)4)10(11)13-8(5)12/h6-7,9-10H,11H2,1-5H3. The first kappa shape index (κ1) is 12.4. The number of carbonyl (C=O) groups is 1. The minimum Gasteiger partial charge on any atom is -0.447 e. The zero-order valence-corrected chi connectivity index (χ0v) is 9.20. The van der Waals surface area contributed by atoms with Gasteiger partial charge in [-0.25, -0.2) is 0 Å². The Balaban J connectivity index is 4.28. The Morgan fingerprint density at radius 3 is 1.77 bits per heavy atom. The van der Waals surface area contributed by atoms with Gasteiger partial charge in [0.2, 0.25) is 0 Å². The number of rotatable bonds is 4. The van der Waals surface area contributed by atoms with Crippen LogP contribution in [0.3, 0.4) is 0 Å². The second-order valence-electron chi connectivity index (χ2n) is 4.14. The van der Waals surface area contributed by atoms with Crippen LogP contribution in [-0.4, -0.2) is 12.2 Å². The molecule has 0 fully saturated rings. The van der Waals surface area contributed by atoms with Gasteiger partial charge in [-0.1, -0.05) is 27.7 Å². The lowest BCUT2D eigenvalue weighted by atomic mass is 9.84. The third-order valence-electron chi connectivity index (χ3n) is 2.22. The van der Waals surface area contributed by atoms with E-state index in [4.69, 9.17) is 10.5 Å². The van der Waals surface area contributed by atoms with E-state index in [-0.39, 0.29) is 11.9 Å². The van der Waals surface area contributed by atoms with Crippen molar-refractivity contribution in [2.45, 2.75) is 40.8 Å². The Hall–Kier alpha value is -0.570. The van der Waals surface area contributed by atoms with Gasteiger partial charge in [0, 0.05) is 12.8 Å². The molecular formula is C10H21NO2. The highest BCUT2D eigenvalue weighted by Crippen LogP contribution is 2.23. The molecule has 78 valence electrons. The molecule has 1 unspecified atom stereocenters. The molecule has 3 nitrogen and oxygen atoms in total. The van der Waals surface area contributed by atoms with Crippen molar-refractivity contribution in [3.05, 3.63) is 0 Å². The molecule has 0 spiro atoms. The number of esters is 1. The molecule has 0 amide bonds. The highest BCUT2D eigenvalue weighted by atomic mass is 16.6. The van der Waals surface area contributed by atoms with Crippen molar-refractivity contribution in [3.63, 3.8) is 0 Å². The van der Waals surface area contributed by atoms with E-state index in [1.54, 1.807) is 0 Å². The van der Waals surface area contributed by atoms with Gasteiger partial charge in [-0.15, -0.1) is 0 Å². The zero-order valence-electron chi connectivity index (χ0n) is 9.20. The number of carbonyl (C=O) groups excluding carboxylic acids is 1. The van der Waals surface area contributed by atoms with Crippen LogP contribution in [0, 0.1) is 17.8 Å². The lowest BCUT2D eigenvalue weighted by Crippen LogP contribution is -2.40. The summed E-state index contributed by atoms with van der Waals surface area (Å²) in [7, 11) is 0. The molecule has 0 heterocycles. The minimum absolute atomic E-state index is 0.226. The monoisotopic (exact) mass is 187 g/mol. The number of hydrogen-bond donors (Lipinski definition) is 1. The quantitative estimate of drug-likeness (QED) is 0.539. The van der Waals surface area contributed by atoms with Crippen LogP contribution in [-0.2, 0) is 9.53 Å². The van der Waals surface area contributed by atoms with Crippen LogP contribution in [0.15, 0.2) is 0 Å². The summed E-state index contributed by atoms with van der Waals surface area (Å²) < 4.78 is 4.97. The first-order valence-corrected chi connectivity index (χ1v) is 4.79. The molecule has 0 aliphatic rings. The van der Waals surface area contributed by atoms with Crippen LogP contribution in [0.4, 0.5) is 0 Å². The van der Waals surface area contributed by atoms with Gasteiger partial charge in [0.1, 0.15) is 0 Å². The summed E-state index contributed by atoms with van der Waals surface area (Å²) in [4.78, 5) is 10.7. The van der Waals surface area contributed by atoms with Crippen molar-refractivity contribution in [1.82, 2.24) is 0 Å². The topological polar surface area (TPSA) is 52.3 Å². The molecule has 0 aliphatic heterocycles. The van der Waals surface area contributed by atoms with Gasteiger partial charge in [-0.05, 0) is 11.8 Å². The van der Waals surface area contributed by atoms with E-state index in [0.29, 0.717) is 11.8 Å². The molecule has 0 aromatic carbocycles. The Morgan fingerprint density at radius 2 is 1.54 bits per heavy atom.